The lowest BCUT2D eigenvalue weighted by Gasteiger charge is -2.30. The molecule has 5 rings (SSSR count). The first-order valence-corrected chi connectivity index (χ1v) is 12.1. The smallest absolute Gasteiger partial charge is 0.273 e. The van der Waals surface area contributed by atoms with Crippen LogP contribution < -0.4 is 16.4 Å². The summed E-state index contributed by atoms with van der Waals surface area (Å²) in [5.41, 5.74) is 11.0. The number of amides is 2. The van der Waals surface area contributed by atoms with Crippen LogP contribution in [0.3, 0.4) is 0 Å². The normalized spacial score (nSPS) is 16.2. The van der Waals surface area contributed by atoms with E-state index in [0.29, 0.717) is 29.5 Å². The summed E-state index contributed by atoms with van der Waals surface area (Å²) in [5.74, 6) is -0.0239. The van der Waals surface area contributed by atoms with Gasteiger partial charge in [-0.25, -0.2) is 9.97 Å². The summed E-state index contributed by atoms with van der Waals surface area (Å²) in [7, 11) is 0. The summed E-state index contributed by atoms with van der Waals surface area (Å²) < 4.78 is 0. The van der Waals surface area contributed by atoms with Gasteiger partial charge < -0.3 is 16.4 Å². The highest BCUT2D eigenvalue weighted by atomic mass is 16.2. The van der Waals surface area contributed by atoms with Gasteiger partial charge in [0, 0.05) is 23.5 Å². The maximum absolute atomic E-state index is 12.9. The largest absolute Gasteiger partial charge is 0.368 e. The summed E-state index contributed by atoms with van der Waals surface area (Å²) in [6, 6.07) is 8.15. The molecule has 2 aliphatic carbocycles. The van der Waals surface area contributed by atoms with E-state index < -0.39 is 0 Å². The van der Waals surface area contributed by atoms with Gasteiger partial charge in [-0.15, -0.1) is 0 Å². The van der Waals surface area contributed by atoms with E-state index in [-0.39, 0.29) is 17.3 Å². The first-order valence-electron chi connectivity index (χ1n) is 12.1. The molecule has 0 bridgehead atoms. The summed E-state index contributed by atoms with van der Waals surface area (Å²) in [6.07, 6.45) is 9.53. The molecular formula is C26H33N7O2. The number of aromatic nitrogens is 4. The number of aromatic amines is 1. The first-order chi connectivity index (χ1) is 16.8. The lowest BCUT2D eigenvalue weighted by Crippen LogP contribution is -2.29. The third kappa shape index (κ3) is 5.50. The molecule has 2 aromatic heterocycles. The molecular weight excluding hydrogens is 442 g/mol. The molecule has 35 heavy (non-hydrogen) atoms. The summed E-state index contributed by atoms with van der Waals surface area (Å²) in [6.45, 7) is 6.18. The third-order valence-electron chi connectivity index (χ3n) is 6.63. The number of nitrogens with two attached hydrogens (primary N) is 1. The zero-order chi connectivity index (χ0) is 25.0. The van der Waals surface area contributed by atoms with E-state index in [9.17, 15) is 9.59 Å². The van der Waals surface area contributed by atoms with E-state index in [0.717, 1.165) is 28.8 Å². The number of anilines is 2. The Morgan fingerprint density at radius 2 is 1.86 bits per heavy atom. The van der Waals surface area contributed by atoms with Crippen molar-refractivity contribution in [3.63, 3.8) is 0 Å². The summed E-state index contributed by atoms with van der Waals surface area (Å²) >= 11 is 0. The van der Waals surface area contributed by atoms with E-state index in [1.165, 1.54) is 32.1 Å². The molecule has 2 heterocycles. The molecule has 0 unspecified atom stereocenters. The van der Waals surface area contributed by atoms with Gasteiger partial charge in [-0.05, 0) is 49.3 Å². The predicted molar refractivity (Wildman–Crippen MR) is 136 cm³/mol. The fourth-order valence-corrected chi connectivity index (χ4v) is 4.85. The number of hydrogen-bond acceptors (Lipinski definition) is 6. The molecule has 2 amide bonds. The summed E-state index contributed by atoms with van der Waals surface area (Å²) in [5, 5.41) is 13.0. The van der Waals surface area contributed by atoms with Gasteiger partial charge in [0.2, 0.25) is 12.4 Å². The molecule has 5 N–H and O–H groups in total. The van der Waals surface area contributed by atoms with Crippen molar-refractivity contribution in [1.29, 1.82) is 0 Å². The van der Waals surface area contributed by atoms with Gasteiger partial charge in [-0.1, -0.05) is 50.8 Å². The summed E-state index contributed by atoms with van der Waals surface area (Å²) in [4.78, 5) is 31.2. The average Bonchev–Trinajstić information content (AvgIpc) is 3.30. The maximum atomic E-state index is 12.9. The van der Waals surface area contributed by atoms with Gasteiger partial charge in [-0.2, -0.15) is 5.10 Å². The molecule has 1 saturated carbocycles. The third-order valence-corrected chi connectivity index (χ3v) is 6.63. The second kappa shape index (κ2) is 10.2. The molecule has 184 valence electrons. The number of fused-ring (bicyclic) bond motifs is 3. The van der Waals surface area contributed by atoms with Gasteiger partial charge in [0.25, 0.3) is 5.91 Å². The van der Waals surface area contributed by atoms with Crippen LogP contribution in [0.1, 0.15) is 73.1 Å². The zero-order valence-corrected chi connectivity index (χ0v) is 20.5. The number of benzene rings is 1. The molecule has 0 aliphatic heterocycles. The molecule has 9 nitrogen and oxygen atoms in total. The Kier molecular flexibility index (Phi) is 7.14. The van der Waals surface area contributed by atoms with E-state index in [2.05, 4.69) is 44.6 Å². The molecule has 1 fully saturated rings. The highest BCUT2D eigenvalue weighted by Gasteiger charge is 2.38. The van der Waals surface area contributed by atoms with Crippen LogP contribution in [-0.2, 0) is 16.6 Å². The van der Waals surface area contributed by atoms with Gasteiger partial charge in [-0.3, -0.25) is 14.7 Å². The zero-order valence-electron chi connectivity index (χ0n) is 20.5. The Labute approximate surface area is 205 Å². The molecule has 0 saturated heterocycles. The molecule has 0 radical (unpaired) electrons. The number of rotatable bonds is 4. The second-order valence-corrected chi connectivity index (χ2v) is 9.92. The minimum absolute atomic E-state index is 0.197. The van der Waals surface area contributed by atoms with Crippen LogP contribution in [0.5, 0.6) is 0 Å². The van der Waals surface area contributed by atoms with Crippen molar-refractivity contribution in [3.05, 3.63) is 52.8 Å². The number of H-pyrrole nitrogens is 1. The number of carbonyl (C=O) groups is 2. The van der Waals surface area contributed by atoms with Crippen molar-refractivity contribution >= 4 is 24.0 Å². The standard InChI is InChI=1S/C19H20N6O.C7H13NO/c1-10-4-6-12(7-5-10)22-17(26)16-13-15(24-25-16)14-11(8-19(13,2)3)9-21-18(20)23-14;9-6-8-7-4-2-1-3-5-7/h4-7,9H,8H2,1-3H3,(H,22,26)(H,24,25)(H2,20,21,23);6-7H,1-5H2,(H,8,9). The SMILES string of the molecule is Cc1ccc(NC(=O)c2[nH]nc3c2C(C)(C)Cc2cnc(N)nc2-3)cc1.O=CNC1CCCCC1. The molecule has 2 aliphatic rings. The number of nitrogen functional groups attached to an aromatic ring is 1. The lowest BCUT2D eigenvalue weighted by molar-refractivity contribution is -0.110. The van der Waals surface area contributed by atoms with Crippen LogP contribution in [0.4, 0.5) is 11.6 Å². The molecule has 0 spiro atoms. The van der Waals surface area contributed by atoms with Crippen LogP contribution in [0.15, 0.2) is 30.5 Å². The van der Waals surface area contributed by atoms with Gasteiger partial charge in [0.1, 0.15) is 11.4 Å². The van der Waals surface area contributed by atoms with Crippen LogP contribution in [-0.4, -0.2) is 38.5 Å². The minimum atomic E-state index is -0.283. The van der Waals surface area contributed by atoms with Crippen LogP contribution in [0.25, 0.3) is 11.4 Å². The Balaban J connectivity index is 0.000000271. The Hall–Kier alpha value is -3.75. The second-order valence-electron chi connectivity index (χ2n) is 9.92. The van der Waals surface area contributed by atoms with Crippen molar-refractivity contribution < 1.29 is 9.59 Å². The Morgan fingerprint density at radius 1 is 1.14 bits per heavy atom. The molecule has 3 aromatic rings. The number of nitrogens with zero attached hydrogens (tertiary/aromatic N) is 3. The van der Waals surface area contributed by atoms with Crippen molar-refractivity contribution in [1.82, 2.24) is 25.5 Å². The van der Waals surface area contributed by atoms with Crippen molar-refractivity contribution in [2.75, 3.05) is 11.1 Å². The van der Waals surface area contributed by atoms with Crippen LogP contribution >= 0.6 is 0 Å². The van der Waals surface area contributed by atoms with Crippen molar-refractivity contribution in [3.8, 4) is 11.4 Å². The van der Waals surface area contributed by atoms with Gasteiger partial charge >= 0.3 is 0 Å². The van der Waals surface area contributed by atoms with E-state index >= 15 is 0 Å². The molecule has 9 heteroatoms. The fraction of sp³-hybridized carbons (Fsp3) is 0.423. The monoisotopic (exact) mass is 475 g/mol. The van der Waals surface area contributed by atoms with Crippen LogP contribution in [0, 0.1) is 6.92 Å². The van der Waals surface area contributed by atoms with E-state index in [1.807, 2.05) is 31.2 Å². The maximum Gasteiger partial charge on any atom is 0.273 e. The first kappa shape index (κ1) is 24.4. The van der Waals surface area contributed by atoms with Crippen LogP contribution in [0.2, 0.25) is 0 Å². The van der Waals surface area contributed by atoms with Gasteiger partial charge in [0.05, 0.1) is 5.69 Å². The average molecular weight is 476 g/mol. The van der Waals surface area contributed by atoms with Gasteiger partial charge in [0.15, 0.2) is 0 Å². The Bertz CT molecular complexity index is 1190. The quantitative estimate of drug-likeness (QED) is 0.422. The number of aryl methyl sites for hydroxylation is 1. The molecule has 1 aromatic carbocycles. The topological polar surface area (TPSA) is 139 Å². The Morgan fingerprint density at radius 3 is 2.54 bits per heavy atom. The lowest BCUT2D eigenvalue weighted by atomic mass is 9.73. The molecule has 0 atom stereocenters. The predicted octanol–water partition coefficient (Wildman–Crippen LogP) is 3.91. The number of carbonyl (C=O) groups excluding carboxylic acids is 2. The number of nitrogens with one attached hydrogen (secondary N) is 3. The van der Waals surface area contributed by atoms with Crippen molar-refractivity contribution in [2.45, 2.75) is 70.8 Å². The highest BCUT2D eigenvalue weighted by Crippen LogP contribution is 2.42. The highest BCUT2D eigenvalue weighted by molar-refractivity contribution is 6.05. The number of hydrogen-bond donors (Lipinski definition) is 4. The minimum Gasteiger partial charge on any atom is -0.368 e. The van der Waals surface area contributed by atoms with Crippen molar-refractivity contribution in [2.24, 2.45) is 0 Å². The fourth-order valence-electron chi connectivity index (χ4n) is 4.85. The van der Waals surface area contributed by atoms with E-state index in [1.54, 1.807) is 6.20 Å². The van der Waals surface area contributed by atoms with E-state index in [4.69, 9.17) is 5.73 Å².